The second kappa shape index (κ2) is 7.90. The number of hydrogen-bond donors (Lipinski definition) is 0. The zero-order valence-electron chi connectivity index (χ0n) is 14.1. The highest BCUT2D eigenvalue weighted by Crippen LogP contribution is 2.25. The molecule has 0 bridgehead atoms. The molecule has 2 aromatic rings. The van der Waals surface area contributed by atoms with Gasteiger partial charge >= 0.3 is 5.97 Å². The Kier molecular flexibility index (Phi) is 6.13. The molecule has 0 spiro atoms. The van der Waals surface area contributed by atoms with E-state index in [0.717, 1.165) is 16.3 Å². The molecule has 1 aromatic heterocycles. The van der Waals surface area contributed by atoms with Crippen LogP contribution in [0.25, 0.3) is 0 Å². The standard InChI is InChI=1S/C18H20ClNO3S/c1-11-9-16(12(2)20(11)4)17(21)10-23-18(22)13(3)24-15-7-5-14(19)6-8-15/h5-9,13H,10H2,1-4H3/t13-/m0/s1. The van der Waals surface area contributed by atoms with E-state index in [2.05, 4.69) is 0 Å². The summed E-state index contributed by atoms with van der Waals surface area (Å²) in [7, 11) is 1.90. The summed E-state index contributed by atoms with van der Waals surface area (Å²) < 4.78 is 7.11. The van der Waals surface area contributed by atoms with Crippen molar-refractivity contribution in [1.82, 2.24) is 4.57 Å². The maximum absolute atomic E-state index is 12.2. The quantitative estimate of drug-likeness (QED) is 0.437. The molecule has 0 saturated heterocycles. The fourth-order valence-corrected chi connectivity index (χ4v) is 3.23. The first-order valence-corrected chi connectivity index (χ1v) is 8.80. The second-order valence-electron chi connectivity index (χ2n) is 5.59. The van der Waals surface area contributed by atoms with E-state index in [0.29, 0.717) is 10.6 Å². The minimum atomic E-state index is -0.409. The summed E-state index contributed by atoms with van der Waals surface area (Å²) in [6.45, 7) is 5.32. The van der Waals surface area contributed by atoms with Crippen molar-refractivity contribution in [2.24, 2.45) is 7.05 Å². The van der Waals surface area contributed by atoms with E-state index in [1.54, 1.807) is 19.1 Å². The Balaban J connectivity index is 1.90. The van der Waals surface area contributed by atoms with Crippen LogP contribution in [0.5, 0.6) is 0 Å². The number of aryl methyl sites for hydroxylation is 1. The number of esters is 1. The Labute approximate surface area is 151 Å². The van der Waals surface area contributed by atoms with Crippen molar-refractivity contribution >= 4 is 35.1 Å². The maximum atomic E-state index is 12.2. The molecular formula is C18H20ClNO3S. The topological polar surface area (TPSA) is 48.3 Å². The number of thioether (sulfide) groups is 1. The van der Waals surface area contributed by atoms with Gasteiger partial charge in [-0.3, -0.25) is 9.59 Å². The van der Waals surface area contributed by atoms with E-state index in [-0.39, 0.29) is 12.4 Å². The third-order valence-corrected chi connectivity index (χ3v) is 5.22. The molecule has 1 atom stereocenters. The Morgan fingerprint density at radius 3 is 2.42 bits per heavy atom. The van der Waals surface area contributed by atoms with Crippen LogP contribution in [0.15, 0.2) is 35.2 Å². The molecule has 24 heavy (non-hydrogen) atoms. The third kappa shape index (κ3) is 4.42. The minimum Gasteiger partial charge on any atom is -0.456 e. The molecule has 2 rings (SSSR count). The number of halogens is 1. The number of rotatable bonds is 6. The normalized spacial score (nSPS) is 12.0. The van der Waals surface area contributed by atoms with Crippen molar-refractivity contribution in [2.75, 3.05) is 6.61 Å². The number of carbonyl (C=O) groups excluding carboxylic acids is 2. The summed E-state index contributed by atoms with van der Waals surface area (Å²) in [5.74, 6) is -0.596. The van der Waals surface area contributed by atoms with Crippen LogP contribution in [0.3, 0.4) is 0 Å². The summed E-state index contributed by atoms with van der Waals surface area (Å²) in [6.07, 6.45) is 0. The maximum Gasteiger partial charge on any atom is 0.319 e. The summed E-state index contributed by atoms with van der Waals surface area (Å²) in [6, 6.07) is 9.05. The molecule has 0 saturated carbocycles. The van der Waals surface area contributed by atoms with Gasteiger partial charge in [-0.05, 0) is 51.1 Å². The number of aromatic nitrogens is 1. The fraction of sp³-hybridized carbons (Fsp3) is 0.333. The predicted octanol–water partition coefficient (Wildman–Crippen LogP) is 4.20. The Hall–Kier alpha value is -1.72. The van der Waals surface area contributed by atoms with Gasteiger partial charge in [0, 0.05) is 33.9 Å². The van der Waals surface area contributed by atoms with Crippen LogP contribution < -0.4 is 0 Å². The van der Waals surface area contributed by atoms with Gasteiger partial charge in [-0.2, -0.15) is 0 Å². The van der Waals surface area contributed by atoms with Gasteiger partial charge in [0.1, 0.15) is 5.25 Å². The van der Waals surface area contributed by atoms with E-state index >= 15 is 0 Å². The van der Waals surface area contributed by atoms with Crippen LogP contribution in [0.2, 0.25) is 5.02 Å². The van der Waals surface area contributed by atoms with Crippen LogP contribution in [0, 0.1) is 13.8 Å². The van der Waals surface area contributed by atoms with Gasteiger partial charge in [0.25, 0.3) is 0 Å². The van der Waals surface area contributed by atoms with Gasteiger partial charge in [-0.15, -0.1) is 11.8 Å². The average Bonchev–Trinajstić information content (AvgIpc) is 2.82. The fourth-order valence-electron chi connectivity index (χ4n) is 2.23. The summed E-state index contributed by atoms with van der Waals surface area (Å²) in [4.78, 5) is 25.2. The average molecular weight is 366 g/mol. The van der Waals surface area contributed by atoms with Crippen LogP contribution in [-0.4, -0.2) is 28.2 Å². The highest BCUT2D eigenvalue weighted by molar-refractivity contribution is 8.00. The van der Waals surface area contributed by atoms with Gasteiger partial charge in [0.2, 0.25) is 5.78 Å². The molecule has 1 aromatic carbocycles. The summed E-state index contributed by atoms with van der Waals surface area (Å²) >= 11 is 7.21. The number of nitrogens with zero attached hydrogens (tertiary/aromatic N) is 1. The lowest BCUT2D eigenvalue weighted by atomic mass is 10.1. The molecule has 0 amide bonds. The first-order chi connectivity index (χ1) is 11.3. The Morgan fingerprint density at radius 1 is 1.25 bits per heavy atom. The lowest BCUT2D eigenvalue weighted by Gasteiger charge is -2.11. The third-order valence-electron chi connectivity index (χ3n) is 3.88. The summed E-state index contributed by atoms with van der Waals surface area (Å²) in [5, 5.41) is 0.242. The lowest BCUT2D eigenvalue weighted by Crippen LogP contribution is -2.21. The lowest BCUT2D eigenvalue weighted by molar-refractivity contribution is -0.141. The molecule has 128 valence electrons. The van der Waals surface area contributed by atoms with E-state index in [1.165, 1.54) is 11.8 Å². The molecule has 0 unspecified atom stereocenters. The van der Waals surface area contributed by atoms with Crippen LogP contribution in [0.4, 0.5) is 0 Å². The Bertz CT molecular complexity index is 752. The zero-order chi connectivity index (χ0) is 17.9. The number of ketones is 1. The number of carbonyl (C=O) groups is 2. The van der Waals surface area contributed by atoms with E-state index < -0.39 is 11.2 Å². The highest BCUT2D eigenvalue weighted by atomic mass is 35.5. The Morgan fingerprint density at radius 2 is 1.88 bits per heavy atom. The van der Waals surface area contributed by atoms with Crippen molar-refractivity contribution in [3.8, 4) is 0 Å². The van der Waals surface area contributed by atoms with E-state index in [1.807, 2.05) is 43.7 Å². The molecule has 0 aliphatic heterocycles. The van der Waals surface area contributed by atoms with Gasteiger partial charge in [0.05, 0.1) is 0 Å². The molecule has 0 N–H and O–H groups in total. The van der Waals surface area contributed by atoms with E-state index in [4.69, 9.17) is 16.3 Å². The molecule has 6 heteroatoms. The van der Waals surface area contributed by atoms with Gasteiger partial charge in [0.15, 0.2) is 6.61 Å². The SMILES string of the molecule is Cc1cc(C(=O)COC(=O)[C@H](C)Sc2ccc(Cl)cc2)c(C)n1C. The van der Waals surface area contributed by atoms with Crippen LogP contribution in [-0.2, 0) is 16.6 Å². The first-order valence-electron chi connectivity index (χ1n) is 7.54. The number of ether oxygens (including phenoxy) is 1. The molecule has 0 radical (unpaired) electrons. The molecular weight excluding hydrogens is 346 g/mol. The monoisotopic (exact) mass is 365 g/mol. The summed E-state index contributed by atoms with van der Waals surface area (Å²) in [5.41, 5.74) is 2.46. The zero-order valence-corrected chi connectivity index (χ0v) is 15.7. The van der Waals surface area contributed by atoms with Gasteiger partial charge < -0.3 is 9.30 Å². The van der Waals surface area contributed by atoms with Crippen molar-refractivity contribution in [1.29, 1.82) is 0 Å². The molecule has 4 nitrogen and oxygen atoms in total. The smallest absolute Gasteiger partial charge is 0.319 e. The van der Waals surface area contributed by atoms with Crippen molar-refractivity contribution in [2.45, 2.75) is 30.9 Å². The van der Waals surface area contributed by atoms with Crippen molar-refractivity contribution in [3.05, 3.63) is 52.3 Å². The van der Waals surface area contributed by atoms with Crippen LogP contribution >= 0.6 is 23.4 Å². The number of benzene rings is 1. The van der Waals surface area contributed by atoms with Crippen molar-refractivity contribution < 1.29 is 14.3 Å². The highest BCUT2D eigenvalue weighted by Gasteiger charge is 2.20. The molecule has 0 fully saturated rings. The number of hydrogen-bond acceptors (Lipinski definition) is 4. The largest absolute Gasteiger partial charge is 0.456 e. The van der Waals surface area contributed by atoms with Crippen LogP contribution in [0.1, 0.15) is 28.7 Å². The number of Topliss-reactive ketones (excluding diaryl/α,β-unsaturated/α-hetero) is 1. The second-order valence-corrected chi connectivity index (χ2v) is 7.44. The predicted molar refractivity (Wildman–Crippen MR) is 96.9 cm³/mol. The van der Waals surface area contributed by atoms with Crippen molar-refractivity contribution in [3.63, 3.8) is 0 Å². The van der Waals surface area contributed by atoms with E-state index in [9.17, 15) is 9.59 Å². The molecule has 0 aliphatic rings. The minimum absolute atomic E-state index is 0.187. The molecule has 1 heterocycles. The molecule has 0 aliphatic carbocycles. The van der Waals surface area contributed by atoms with Gasteiger partial charge in [-0.1, -0.05) is 11.6 Å². The van der Waals surface area contributed by atoms with Gasteiger partial charge in [-0.25, -0.2) is 0 Å². The first kappa shape index (κ1) is 18.6.